The minimum Gasteiger partial charge on any atom is -0.373 e. The highest BCUT2D eigenvalue weighted by atomic mass is 16.5. The molecule has 3 heteroatoms. The summed E-state index contributed by atoms with van der Waals surface area (Å²) in [7, 11) is 0. The van der Waals surface area contributed by atoms with Crippen LogP contribution in [-0.4, -0.2) is 17.2 Å². The first kappa shape index (κ1) is 12.7. The summed E-state index contributed by atoms with van der Waals surface area (Å²) >= 11 is 0. The molecule has 1 aromatic rings. The monoisotopic (exact) mass is 236 g/mol. The van der Waals surface area contributed by atoms with Gasteiger partial charge in [0.05, 0.1) is 11.6 Å². The van der Waals surface area contributed by atoms with Gasteiger partial charge in [-0.1, -0.05) is 25.7 Å². The van der Waals surface area contributed by atoms with Crippen LogP contribution in [0.4, 0.5) is 0 Å². The molecule has 0 spiro atoms. The van der Waals surface area contributed by atoms with Crippen molar-refractivity contribution in [2.45, 2.75) is 57.1 Å². The minimum atomic E-state index is -0.157. The van der Waals surface area contributed by atoms with Crippen LogP contribution in [0.1, 0.15) is 57.2 Å². The lowest BCUT2D eigenvalue weighted by atomic mass is 9.85. The predicted octanol–water partition coefficient (Wildman–Crippen LogP) is 3.14. The molecule has 1 aliphatic rings. The Morgan fingerprint density at radius 3 is 2.59 bits per heavy atom. The van der Waals surface area contributed by atoms with E-state index in [0.29, 0.717) is 0 Å². The average Bonchev–Trinajstić information content (AvgIpc) is 2.76. The highest BCUT2D eigenvalue weighted by Gasteiger charge is 2.38. The molecule has 1 saturated carbocycles. The van der Waals surface area contributed by atoms with E-state index in [2.05, 4.69) is 18.0 Å². The number of nitrogens with two attached hydrogens (primary N) is 1. The predicted molar refractivity (Wildman–Crippen MR) is 69.8 cm³/mol. The van der Waals surface area contributed by atoms with Crippen LogP contribution in [0.25, 0.3) is 0 Å². The van der Waals surface area contributed by atoms with E-state index >= 15 is 0 Å². The highest BCUT2D eigenvalue weighted by Crippen LogP contribution is 2.38. The second kappa shape index (κ2) is 5.69. The molecule has 0 radical (unpaired) electrons. The van der Waals surface area contributed by atoms with Gasteiger partial charge in [-0.05, 0) is 31.9 Å². The topological polar surface area (TPSA) is 51.0 Å². The first-order valence-electron chi connectivity index (χ1n) is 6.81. The summed E-state index contributed by atoms with van der Waals surface area (Å²) in [6.45, 7) is 2.81. The van der Waals surface area contributed by atoms with Crippen LogP contribution < -0.4 is 5.73 Å². The molecule has 96 valence electrons. The Bertz CT molecular complexity index is 313. The van der Waals surface area contributed by atoms with Crippen LogP contribution in [-0.2, 0) is 4.74 Å². The van der Waals surface area contributed by atoms with E-state index in [-0.39, 0.29) is 11.6 Å². The van der Waals surface area contributed by atoms with Gasteiger partial charge < -0.3 is 15.5 Å². The molecule has 0 aromatic carbocycles. The Labute approximate surface area is 104 Å². The normalized spacial score (nSPS) is 22.0. The fraction of sp³-hybridized carbons (Fsp3) is 0.714. The largest absolute Gasteiger partial charge is 0.373 e. The molecule has 3 N–H and O–H groups in total. The molecular formula is C14H24N2O. The zero-order valence-electron chi connectivity index (χ0n) is 10.7. The SMILES string of the molecule is CCOC1(C(N)c2ccc[nH]2)CCCCCC1. The van der Waals surface area contributed by atoms with E-state index in [1.54, 1.807) is 0 Å². The van der Waals surface area contributed by atoms with Gasteiger partial charge in [0.15, 0.2) is 0 Å². The van der Waals surface area contributed by atoms with Crippen molar-refractivity contribution < 1.29 is 4.74 Å². The molecule has 2 rings (SSSR count). The summed E-state index contributed by atoms with van der Waals surface area (Å²) in [5, 5.41) is 0. The van der Waals surface area contributed by atoms with Crippen LogP contribution >= 0.6 is 0 Å². The summed E-state index contributed by atoms with van der Waals surface area (Å²) in [6.07, 6.45) is 9.19. The lowest BCUT2D eigenvalue weighted by molar-refractivity contribution is -0.0703. The second-order valence-corrected chi connectivity index (χ2v) is 5.02. The van der Waals surface area contributed by atoms with Gasteiger partial charge in [-0.2, -0.15) is 0 Å². The van der Waals surface area contributed by atoms with E-state index < -0.39 is 0 Å². The van der Waals surface area contributed by atoms with Crippen molar-refractivity contribution in [3.05, 3.63) is 24.0 Å². The van der Waals surface area contributed by atoms with Crippen molar-refractivity contribution in [3.8, 4) is 0 Å². The number of aromatic nitrogens is 1. The van der Waals surface area contributed by atoms with Gasteiger partial charge in [0, 0.05) is 18.5 Å². The summed E-state index contributed by atoms with van der Waals surface area (Å²) in [4.78, 5) is 3.23. The maximum absolute atomic E-state index is 6.45. The molecule has 1 aromatic heterocycles. The summed E-state index contributed by atoms with van der Waals surface area (Å²) in [6, 6.07) is 4.04. The van der Waals surface area contributed by atoms with E-state index in [1.807, 2.05) is 12.3 Å². The van der Waals surface area contributed by atoms with Crippen LogP contribution in [0, 0.1) is 0 Å². The zero-order chi connectivity index (χ0) is 12.1. The summed E-state index contributed by atoms with van der Waals surface area (Å²) in [5.74, 6) is 0. The average molecular weight is 236 g/mol. The maximum Gasteiger partial charge on any atom is 0.0888 e. The van der Waals surface area contributed by atoms with Gasteiger partial charge in [-0.15, -0.1) is 0 Å². The summed E-state index contributed by atoms with van der Waals surface area (Å²) < 4.78 is 6.09. The molecular weight excluding hydrogens is 212 g/mol. The first-order chi connectivity index (χ1) is 8.28. The number of ether oxygens (including phenoxy) is 1. The van der Waals surface area contributed by atoms with Crippen LogP contribution in [0.2, 0.25) is 0 Å². The minimum absolute atomic E-state index is 0.0319. The number of rotatable bonds is 4. The van der Waals surface area contributed by atoms with Gasteiger partial charge in [-0.3, -0.25) is 0 Å². The number of hydrogen-bond donors (Lipinski definition) is 2. The molecule has 0 bridgehead atoms. The lowest BCUT2D eigenvalue weighted by Crippen LogP contribution is -2.43. The maximum atomic E-state index is 6.45. The number of nitrogens with one attached hydrogen (secondary N) is 1. The Morgan fingerprint density at radius 1 is 1.35 bits per heavy atom. The molecule has 0 aliphatic heterocycles. The molecule has 1 unspecified atom stereocenters. The van der Waals surface area contributed by atoms with Crippen molar-refractivity contribution >= 4 is 0 Å². The Hall–Kier alpha value is -0.800. The van der Waals surface area contributed by atoms with Crippen molar-refractivity contribution in [3.63, 3.8) is 0 Å². The number of hydrogen-bond acceptors (Lipinski definition) is 2. The van der Waals surface area contributed by atoms with Gasteiger partial charge in [0.25, 0.3) is 0 Å². The van der Waals surface area contributed by atoms with Gasteiger partial charge in [0.2, 0.25) is 0 Å². The molecule has 1 atom stereocenters. The van der Waals surface area contributed by atoms with Crippen LogP contribution in [0.15, 0.2) is 18.3 Å². The molecule has 1 aliphatic carbocycles. The molecule has 17 heavy (non-hydrogen) atoms. The quantitative estimate of drug-likeness (QED) is 0.789. The van der Waals surface area contributed by atoms with Gasteiger partial charge in [0.1, 0.15) is 0 Å². The Balaban J connectivity index is 2.19. The third kappa shape index (κ3) is 2.72. The zero-order valence-corrected chi connectivity index (χ0v) is 10.7. The van der Waals surface area contributed by atoms with Crippen molar-refractivity contribution in [1.29, 1.82) is 0 Å². The smallest absolute Gasteiger partial charge is 0.0888 e. The standard InChI is InChI=1S/C14H24N2O/c1-2-17-14(9-5-3-4-6-10-14)13(15)12-8-7-11-16-12/h7-8,11,13,16H,2-6,9-10,15H2,1H3. The van der Waals surface area contributed by atoms with Gasteiger partial charge in [-0.25, -0.2) is 0 Å². The first-order valence-corrected chi connectivity index (χ1v) is 6.81. The van der Waals surface area contributed by atoms with E-state index in [4.69, 9.17) is 10.5 Å². The number of H-pyrrole nitrogens is 1. The molecule has 0 amide bonds. The van der Waals surface area contributed by atoms with E-state index in [0.717, 1.165) is 25.1 Å². The number of aromatic amines is 1. The Kier molecular flexibility index (Phi) is 4.24. The van der Waals surface area contributed by atoms with Crippen molar-refractivity contribution in [2.24, 2.45) is 5.73 Å². The Morgan fingerprint density at radius 2 is 2.06 bits per heavy atom. The summed E-state index contributed by atoms with van der Waals surface area (Å²) in [5.41, 5.74) is 7.39. The molecule has 1 fully saturated rings. The molecule has 3 nitrogen and oxygen atoms in total. The lowest BCUT2D eigenvalue weighted by Gasteiger charge is -2.37. The van der Waals surface area contributed by atoms with Crippen molar-refractivity contribution in [1.82, 2.24) is 4.98 Å². The molecule has 1 heterocycles. The van der Waals surface area contributed by atoms with Crippen LogP contribution in [0.5, 0.6) is 0 Å². The van der Waals surface area contributed by atoms with Gasteiger partial charge >= 0.3 is 0 Å². The third-order valence-corrected chi connectivity index (χ3v) is 3.91. The molecule has 0 saturated heterocycles. The third-order valence-electron chi connectivity index (χ3n) is 3.91. The van der Waals surface area contributed by atoms with E-state index in [9.17, 15) is 0 Å². The highest BCUT2D eigenvalue weighted by molar-refractivity contribution is 5.14. The van der Waals surface area contributed by atoms with Crippen molar-refractivity contribution in [2.75, 3.05) is 6.61 Å². The fourth-order valence-electron chi connectivity index (χ4n) is 2.98. The second-order valence-electron chi connectivity index (χ2n) is 5.02. The fourth-order valence-corrected chi connectivity index (χ4v) is 2.98. The van der Waals surface area contributed by atoms with E-state index in [1.165, 1.54) is 25.7 Å². The van der Waals surface area contributed by atoms with Crippen LogP contribution in [0.3, 0.4) is 0 Å².